The fourth-order valence-corrected chi connectivity index (χ4v) is 4.76. The van der Waals surface area contributed by atoms with E-state index in [0.717, 1.165) is 5.69 Å². The third kappa shape index (κ3) is 4.29. The van der Waals surface area contributed by atoms with Gasteiger partial charge in [0.1, 0.15) is 6.61 Å². The molecule has 1 atom stereocenters. The number of para-hydroxylation sites is 1. The molecule has 0 radical (unpaired) electrons. The minimum absolute atomic E-state index is 0.0579. The summed E-state index contributed by atoms with van der Waals surface area (Å²) in [6.45, 7) is 0.0579. The van der Waals surface area contributed by atoms with Crippen LogP contribution in [-0.4, -0.2) is 30.9 Å². The van der Waals surface area contributed by atoms with Crippen LogP contribution in [0.15, 0.2) is 35.7 Å². The van der Waals surface area contributed by atoms with E-state index in [1.54, 1.807) is 0 Å². The molecule has 1 unspecified atom stereocenters. The quantitative estimate of drug-likeness (QED) is 0.832. The van der Waals surface area contributed by atoms with Crippen molar-refractivity contribution in [1.82, 2.24) is 4.98 Å². The highest BCUT2D eigenvalue weighted by molar-refractivity contribution is 7.91. The topological polar surface area (TPSA) is 85.4 Å². The van der Waals surface area contributed by atoms with Gasteiger partial charge in [0.25, 0.3) is 0 Å². The van der Waals surface area contributed by atoms with Gasteiger partial charge in [-0.1, -0.05) is 18.2 Å². The van der Waals surface area contributed by atoms with E-state index in [0.29, 0.717) is 17.2 Å². The van der Waals surface area contributed by atoms with Crippen molar-refractivity contribution in [3.05, 3.63) is 41.4 Å². The van der Waals surface area contributed by atoms with Gasteiger partial charge in [0.2, 0.25) is 0 Å². The number of benzene rings is 1. The number of sulfone groups is 1. The van der Waals surface area contributed by atoms with Crippen molar-refractivity contribution in [2.75, 3.05) is 16.8 Å². The van der Waals surface area contributed by atoms with E-state index in [1.165, 1.54) is 11.3 Å². The second kappa shape index (κ2) is 6.67. The van der Waals surface area contributed by atoms with E-state index in [-0.39, 0.29) is 18.1 Å². The molecule has 1 aromatic heterocycles. The summed E-state index contributed by atoms with van der Waals surface area (Å²) < 4.78 is 27.9. The third-order valence-corrected chi connectivity index (χ3v) is 6.08. The summed E-state index contributed by atoms with van der Waals surface area (Å²) in [6.07, 6.45) is 0.346. The van der Waals surface area contributed by atoms with E-state index < -0.39 is 21.7 Å². The zero-order chi connectivity index (χ0) is 16.3. The number of esters is 1. The van der Waals surface area contributed by atoms with Crippen molar-refractivity contribution in [3.8, 4) is 0 Å². The molecule has 2 aromatic rings. The van der Waals surface area contributed by atoms with Crippen LogP contribution in [0.5, 0.6) is 0 Å². The van der Waals surface area contributed by atoms with Crippen LogP contribution >= 0.6 is 11.3 Å². The van der Waals surface area contributed by atoms with E-state index >= 15 is 0 Å². The lowest BCUT2D eigenvalue weighted by Gasteiger charge is -2.07. The van der Waals surface area contributed by atoms with Gasteiger partial charge >= 0.3 is 5.97 Å². The van der Waals surface area contributed by atoms with Crippen LogP contribution in [0.25, 0.3) is 0 Å². The Balaban J connectivity index is 1.52. The minimum Gasteiger partial charge on any atom is -0.459 e. The summed E-state index contributed by atoms with van der Waals surface area (Å²) >= 11 is 1.42. The molecule has 6 nitrogen and oxygen atoms in total. The number of hydrogen-bond donors (Lipinski definition) is 1. The van der Waals surface area contributed by atoms with Gasteiger partial charge in [-0.2, -0.15) is 0 Å². The van der Waals surface area contributed by atoms with Crippen molar-refractivity contribution < 1.29 is 17.9 Å². The lowest BCUT2D eigenvalue weighted by Crippen LogP contribution is -2.18. The molecule has 0 spiro atoms. The number of carbonyl (C=O) groups excluding carboxylic acids is 1. The summed E-state index contributed by atoms with van der Waals surface area (Å²) in [6, 6.07) is 9.65. The van der Waals surface area contributed by atoms with Crippen molar-refractivity contribution in [2.45, 2.75) is 13.0 Å². The van der Waals surface area contributed by atoms with Gasteiger partial charge in [0.15, 0.2) is 15.0 Å². The van der Waals surface area contributed by atoms with Gasteiger partial charge < -0.3 is 10.1 Å². The molecule has 1 N–H and O–H groups in total. The maximum absolute atomic E-state index is 11.9. The SMILES string of the molecule is O=C(OCc1csc(Nc2ccccc2)n1)C1CCS(=O)(=O)C1. The fraction of sp³-hybridized carbons (Fsp3) is 0.333. The highest BCUT2D eigenvalue weighted by Crippen LogP contribution is 2.23. The summed E-state index contributed by atoms with van der Waals surface area (Å²) in [7, 11) is -3.08. The highest BCUT2D eigenvalue weighted by atomic mass is 32.2. The number of thiazole rings is 1. The van der Waals surface area contributed by atoms with E-state index in [4.69, 9.17) is 4.74 Å². The molecule has 1 aliphatic rings. The fourth-order valence-electron chi connectivity index (χ4n) is 2.32. The zero-order valence-electron chi connectivity index (χ0n) is 12.3. The molecule has 8 heteroatoms. The average Bonchev–Trinajstić information content (AvgIpc) is 3.12. The van der Waals surface area contributed by atoms with Crippen molar-refractivity contribution in [3.63, 3.8) is 0 Å². The lowest BCUT2D eigenvalue weighted by atomic mass is 10.1. The molecule has 122 valence electrons. The molecule has 0 saturated carbocycles. The molecule has 0 amide bonds. The highest BCUT2D eigenvalue weighted by Gasteiger charge is 2.34. The first-order valence-electron chi connectivity index (χ1n) is 7.15. The Morgan fingerprint density at radius 3 is 2.83 bits per heavy atom. The Labute approximate surface area is 138 Å². The summed E-state index contributed by atoms with van der Waals surface area (Å²) in [5.41, 5.74) is 1.57. The maximum Gasteiger partial charge on any atom is 0.310 e. The summed E-state index contributed by atoms with van der Waals surface area (Å²) in [5, 5.41) is 5.69. The van der Waals surface area contributed by atoms with Gasteiger partial charge in [0.05, 0.1) is 23.1 Å². The molecular weight excluding hydrogens is 336 g/mol. The number of carbonyl (C=O) groups is 1. The van der Waals surface area contributed by atoms with Crippen LogP contribution in [-0.2, 0) is 26.0 Å². The Kier molecular flexibility index (Phi) is 4.63. The molecule has 0 bridgehead atoms. The first-order chi connectivity index (χ1) is 11.0. The Morgan fingerprint density at radius 2 is 2.13 bits per heavy atom. The predicted octanol–water partition coefficient (Wildman–Crippen LogP) is 2.36. The molecule has 0 aliphatic carbocycles. The number of nitrogens with one attached hydrogen (secondary N) is 1. The second-order valence-electron chi connectivity index (χ2n) is 5.34. The Hall–Kier alpha value is -1.93. The van der Waals surface area contributed by atoms with Gasteiger partial charge in [-0.3, -0.25) is 4.79 Å². The summed E-state index contributed by atoms with van der Waals surface area (Å²) in [4.78, 5) is 16.2. The number of nitrogens with zero attached hydrogens (tertiary/aromatic N) is 1. The van der Waals surface area contributed by atoms with Gasteiger partial charge in [-0.05, 0) is 18.6 Å². The van der Waals surface area contributed by atoms with Crippen LogP contribution in [0.4, 0.5) is 10.8 Å². The van der Waals surface area contributed by atoms with E-state index in [1.807, 2.05) is 35.7 Å². The molecule has 1 fully saturated rings. The van der Waals surface area contributed by atoms with Crippen LogP contribution in [0, 0.1) is 5.92 Å². The van der Waals surface area contributed by atoms with Crippen LogP contribution in [0.1, 0.15) is 12.1 Å². The number of hydrogen-bond acceptors (Lipinski definition) is 7. The molecule has 23 heavy (non-hydrogen) atoms. The van der Waals surface area contributed by atoms with Crippen molar-refractivity contribution in [2.24, 2.45) is 5.92 Å². The Morgan fingerprint density at radius 1 is 1.35 bits per heavy atom. The number of ether oxygens (including phenoxy) is 1. The zero-order valence-corrected chi connectivity index (χ0v) is 13.9. The van der Waals surface area contributed by atoms with Crippen LogP contribution in [0.3, 0.4) is 0 Å². The number of anilines is 2. The second-order valence-corrected chi connectivity index (χ2v) is 8.43. The standard InChI is InChI=1S/C15H16N2O4S2/c18-14(11-6-7-23(19,20)10-11)21-8-13-9-22-15(17-13)16-12-4-2-1-3-5-12/h1-5,9,11H,6-8,10H2,(H,16,17). The van der Waals surface area contributed by atoms with Gasteiger partial charge in [-0.15, -0.1) is 11.3 Å². The number of aromatic nitrogens is 1. The molecule has 1 aromatic carbocycles. The van der Waals surface area contributed by atoms with Crippen molar-refractivity contribution >= 4 is 38.0 Å². The average molecular weight is 352 g/mol. The van der Waals surface area contributed by atoms with Gasteiger partial charge in [0, 0.05) is 11.1 Å². The first kappa shape index (κ1) is 15.9. The molecule has 1 aliphatic heterocycles. The van der Waals surface area contributed by atoms with Crippen molar-refractivity contribution in [1.29, 1.82) is 0 Å². The van der Waals surface area contributed by atoms with Crippen LogP contribution < -0.4 is 5.32 Å². The molecule has 2 heterocycles. The number of rotatable bonds is 5. The monoisotopic (exact) mass is 352 g/mol. The first-order valence-corrected chi connectivity index (χ1v) is 9.85. The largest absolute Gasteiger partial charge is 0.459 e. The lowest BCUT2D eigenvalue weighted by molar-refractivity contribution is -0.149. The third-order valence-electron chi connectivity index (χ3n) is 3.50. The van der Waals surface area contributed by atoms with E-state index in [2.05, 4.69) is 10.3 Å². The molecule has 1 saturated heterocycles. The molecular formula is C15H16N2O4S2. The molecule has 3 rings (SSSR count). The Bertz CT molecular complexity index is 787. The predicted molar refractivity (Wildman–Crippen MR) is 88.4 cm³/mol. The normalized spacial score (nSPS) is 19.4. The van der Waals surface area contributed by atoms with E-state index in [9.17, 15) is 13.2 Å². The van der Waals surface area contributed by atoms with Crippen LogP contribution in [0.2, 0.25) is 0 Å². The smallest absolute Gasteiger partial charge is 0.310 e. The summed E-state index contributed by atoms with van der Waals surface area (Å²) in [5.74, 6) is -1.05. The minimum atomic E-state index is -3.08. The van der Waals surface area contributed by atoms with Gasteiger partial charge in [-0.25, -0.2) is 13.4 Å². The maximum atomic E-state index is 11.9.